The zero-order valence-corrected chi connectivity index (χ0v) is 13.3. The Bertz CT molecular complexity index is 845. The van der Waals surface area contributed by atoms with Crippen LogP contribution >= 0.6 is 0 Å². The van der Waals surface area contributed by atoms with Gasteiger partial charge in [0.1, 0.15) is 11.6 Å². The van der Waals surface area contributed by atoms with E-state index in [2.05, 4.69) is 5.32 Å². The molecule has 0 aromatic heterocycles. The van der Waals surface area contributed by atoms with E-state index in [0.29, 0.717) is 0 Å². The van der Waals surface area contributed by atoms with Gasteiger partial charge in [-0.2, -0.15) is 0 Å². The van der Waals surface area contributed by atoms with Crippen LogP contribution in [0, 0.1) is 11.6 Å². The van der Waals surface area contributed by atoms with Crippen molar-refractivity contribution in [3.8, 4) is 0 Å². The molecule has 2 N–H and O–H groups in total. The molecule has 0 spiro atoms. The Kier molecular flexibility index (Phi) is 4.88. The summed E-state index contributed by atoms with van der Waals surface area (Å²) in [7, 11) is 0. The Labute approximate surface area is 139 Å². The van der Waals surface area contributed by atoms with E-state index in [-0.39, 0.29) is 18.2 Å². The van der Waals surface area contributed by atoms with Crippen LogP contribution in [-0.4, -0.2) is 11.7 Å². The SMILES string of the molecule is CC(NCC(O)c1cc(F)ccc1F)c1cccc2ccccc12. The molecule has 0 saturated carbocycles. The van der Waals surface area contributed by atoms with Gasteiger partial charge in [-0.15, -0.1) is 0 Å². The van der Waals surface area contributed by atoms with Crippen molar-refractivity contribution in [1.82, 2.24) is 5.32 Å². The van der Waals surface area contributed by atoms with Gasteiger partial charge in [-0.25, -0.2) is 8.78 Å². The molecule has 24 heavy (non-hydrogen) atoms. The van der Waals surface area contributed by atoms with Crippen molar-refractivity contribution in [2.45, 2.75) is 19.1 Å². The maximum Gasteiger partial charge on any atom is 0.129 e. The fraction of sp³-hybridized carbons (Fsp3) is 0.200. The van der Waals surface area contributed by atoms with Gasteiger partial charge in [-0.1, -0.05) is 42.5 Å². The van der Waals surface area contributed by atoms with Gasteiger partial charge in [0, 0.05) is 18.2 Å². The molecule has 3 aromatic rings. The zero-order chi connectivity index (χ0) is 17.1. The largest absolute Gasteiger partial charge is 0.387 e. The minimum atomic E-state index is -1.11. The van der Waals surface area contributed by atoms with Crippen molar-refractivity contribution in [2.24, 2.45) is 0 Å². The Morgan fingerprint density at radius 3 is 2.54 bits per heavy atom. The number of halogens is 2. The number of fused-ring (bicyclic) bond motifs is 1. The number of aliphatic hydroxyl groups is 1. The van der Waals surface area contributed by atoms with Crippen LogP contribution < -0.4 is 5.32 Å². The lowest BCUT2D eigenvalue weighted by molar-refractivity contribution is 0.166. The first-order valence-corrected chi connectivity index (χ1v) is 7.90. The number of aliphatic hydroxyl groups excluding tert-OH is 1. The highest BCUT2D eigenvalue weighted by Gasteiger charge is 2.16. The first-order valence-electron chi connectivity index (χ1n) is 7.90. The molecule has 4 heteroatoms. The predicted molar refractivity (Wildman–Crippen MR) is 91.7 cm³/mol. The van der Waals surface area contributed by atoms with Crippen molar-refractivity contribution in [3.05, 3.63) is 83.4 Å². The van der Waals surface area contributed by atoms with E-state index >= 15 is 0 Å². The van der Waals surface area contributed by atoms with E-state index in [1.165, 1.54) is 0 Å². The van der Waals surface area contributed by atoms with Crippen LogP contribution in [0.15, 0.2) is 60.7 Å². The molecule has 0 heterocycles. The van der Waals surface area contributed by atoms with Gasteiger partial charge in [0.15, 0.2) is 0 Å². The van der Waals surface area contributed by atoms with Gasteiger partial charge in [-0.05, 0) is 41.5 Å². The summed E-state index contributed by atoms with van der Waals surface area (Å²) in [5.74, 6) is -1.17. The second-order valence-corrected chi connectivity index (χ2v) is 5.88. The molecule has 0 aliphatic heterocycles. The fourth-order valence-corrected chi connectivity index (χ4v) is 2.91. The fourth-order valence-electron chi connectivity index (χ4n) is 2.91. The Hall–Kier alpha value is -2.30. The van der Waals surface area contributed by atoms with Gasteiger partial charge in [0.25, 0.3) is 0 Å². The first kappa shape index (κ1) is 16.6. The molecule has 2 nitrogen and oxygen atoms in total. The topological polar surface area (TPSA) is 32.3 Å². The van der Waals surface area contributed by atoms with Gasteiger partial charge in [-0.3, -0.25) is 0 Å². The maximum absolute atomic E-state index is 13.7. The molecule has 2 atom stereocenters. The standard InChI is InChI=1S/C20H19F2NO/c1-13(16-8-4-6-14-5-2-3-7-17(14)16)23-12-20(24)18-11-15(21)9-10-19(18)22/h2-11,13,20,23-24H,12H2,1H3. The molecule has 0 aliphatic carbocycles. The molecule has 3 aromatic carbocycles. The van der Waals surface area contributed by atoms with Crippen molar-refractivity contribution < 1.29 is 13.9 Å². The highest BCUT2D eigenvalue weighted by atomic mass is 19.1. The number of hydrogen-bond acceptors (Lipinski definition) is 2. The third-order valence-electron chi connectivity index (χ3n) is 4.22. The summed E-state index contributed by atoms with van der Waals surface area (Å²) < 4.78 is 27.0. The van der Waals surface area contributed by atoms with E-state index in [1.54, 1.807) is 0 Å². The van der Waals surface area contributed by atoms with Gasteiger partial charge < -0.3 is 10.4 Å². The molecule has 0 radical (unpaired) electrons. The normalized spacial score (nSPS) is 13.8. The van der Waals surface area contributed by atoms with Crippen LogP contribution in [0.25, 0.3) is 10.8 Å². The molecular formula is C20H19F2NO. The summed E-state index contributed by atoms with van der Waals surface area (Å²) in [4.78, 5) is 0. The Morgan fingerprint density at radius 2 is 1.71 bits per heavy atom. The number of hydrogen-bond donors (Lipinski definition) is 2. The van der Waals surface area contributed by atoms with E-state index in [1.807, 2.05) is 49.4 Å². The molecule has 0 saturated heterocycles. The van der Waals surface area contributed by atoms with Gasteiger partial charge >= 0.3 is 0 Å². The minimum Gasteiger partial charge on any atom is -0.387 e. The zero-order valence-electron chi connectivity index (χ0n) is 13.3. The third-order valence-corrected chi connectivity index (χ3v) is 4.22. The average molecular weight is 327 g/mol. The van der Waals surface area contributed by atoms with Gasteiger partial charge in [0.05, 0.1) is 6.10 Å². The smallest absolute Gasteiger partial charge is 0.129 e. The molecule has 124 valence electrons. The lowest BCUT2D eigenvalue weighted by Gasteiger charge is -2.19. The van der Waals surface area contributed by atoms with Crippen LogP contribution in [0.5, 0.6) is 0 Å². The summed E-state index contributed by atoms with van der Waals surface area (Å²) in [6, 6.07) is 17.2. The maximum atomic E-state index is 13.7. The van der Waals surface area contributed by atoms with E-state index in [4.69, 9.17) is 0 Å². The summed E-state index contributed by atoms with van der Waals surface area (Å²) >= 11 is 0. The summed E-state index contributed by atoms with van der Waals surface area (Å²) in [5.41, 5.74) is 1.06. The van der Waals surface area contributed by atoms with Crippen molar-refractivity contribution >= 4 is 10.8 Å². The third kappa shape index (κ3) is 3.45. The monoisotopic (exact) mass is 327 g/mol. The van der Waals surface area contributed by atoms with E-state index in [9.17, 15) is 13.9 Å². The first-order chi connectivity index (χ1) is 11.6. The van der Waals surface area contributed by atoms with Crippen LogP contribution in [0.3, 0.4) is 0 Å². The molecule has 3 rings (SSSR count). The highest BCUT2D eigenvalue weighted by molar-refractivity contribution is 5.86. The number of nitrogens with one attached hydrogen (secondary N) is 1. The quantitative estimate of drug-likeness (QED) is 0.723. The van der Waals surface area contributed by atoms with E-state index in [0.717, 1.165) is 34.5 Å². The summed E-state index contributed by atoms with van der Waals surface area (Å²) in [5, 5.41) is 15.6. The minimum absolute atomic E-state index is 0.0346. The summed E-state index contributed by atoms with van der Waals surface area (Å²) in [6.45, 7) is 2.11. The van der Waals surface area contributed by atoms with Crippen LogP contribution in [0.2, 0.25) is 0 Å². The Morgan fingerprint density at radius 1 is 0.958 bits per heavy atom. The molecule has 0 bridgehead atoms. The lowest BCUT2D eigenvalue weighted by Crippen LogP contribution is -2.25. The van der Waals surface area contributed by atoms with Crippen molar-refractivity contribution in [1.29, 1.82) is 0 Å². The summed E-state index contributed by atoms with van der Waals surface area (Å²) in [6.07, 6.45) is -1.11. The van der Waals surface area contributed by atoms with Crippen LogP contribution in [-0.2, 0) is 0 Å². The van der Waals surface area contributed by atoms with E-state index < -0.39 is 17.7 Å². The molecule has 0 fully saturated rings. The average Bonchev–Trinajstić information content (AvgIpc) is 2.61. The predicted octanol–water partition coefficient (Wildman–Crippen LogP) is 4.50. The van der Waals surface area contributed by atoms with Crippen molar-refractivity contribution in [3.63, 3.8) is 0 Å². The number of benzene rings is 3. The molecule has 2 unspecified atom stereocenters. The van der Waals surface area contributed by atoms with Crippen LogP contribution in [0.4, 0.5) is 8.78 Å². The second kappa shape index (κ2) is 7.07. The number of rotatable bonds is 5. The highest BCUT2D eigenvalue weighted by Crippen LogP contribution is 2.25. The molecule has 0 amide bonds. The van der Waals surface area contributed by atoms with Crippen molar-refractivity contribution in [2.75, 3.05) is 6.54 Å². The van der Waals surface area contributed by atoms with Crippen LogP contribution in [0.1, 0.15) is 30.2 Å². The molecule has 0 aliphatic rings. The molecular weight excluding hydrogens is 308 g/mol. The Balaban J connectivity index is 1.75. The second-order valence-electron chi connectivity index (χ2n) is 5.88. The lowest BCUT2D eigenvalue weighted by atomic mass is 9.99. The van der Waals surface area contributed by atoms with Gasteiger partial charge in [0.2, 0.25) is 0 Å².